The van der Waals surface area contributed by atoms with Crippen molar-refractivity contribution in [2.75, 3.05) is 32.8 Å². The molecule has 4 nitrogen and oxygen atoms in total. The van der Waals surface area contributed by atoms with Crippen LogP contribution < -0.4 is 0 Å². The molecule has 0 atom stereocenters. The van der Waals surface area contributed by atoms with Crippen molar-refractivity contribution >= 4 is 17.2 Å². The monoisotopic (exact) mass is 334 g/mol. The highest BCUT2D eigenvalue weighted by molar-refractivity contribution is 7.12. The van der Waals surface area contributed by atoms with E-state index >= 15 is 0 Å². The van der Waals surface area contributed by atoms with Crippen molar-refractivity contribution in [3.63, 3.8) is 0 Å². The van der Waals surface area contributed by atoms with E-state index in [2.05, 4.69) is 4.90 Å². The first-order valence-electron chi connectivity index (χ1n) is 8.89. The molecule has 126 valence electrons. The van der Waals surface area contributed by atoms with Gasteiger partial charge in [-0.1, -0.05) is 0 Å². The summed E-state index contributed by atoms with van der Waals surface area (Å²) >= 11 is 1.57. The predicted molar refractivity (Wildman–Crippen MR) is 92.0 cm³/mol. The van der Waals surface area contributed by atoms with Crippen LogP contribution in [0.5, 0.6) is 0 Å². The van der Waals surface area contributed by atoms with Gasteiger partial charge in [0.1, 0.15) is 0 Å². The fourth-order valence-electron chi connectivity index (χ4n) is 3.78. The van der Waals surface area contributed by atoms with Crippen LogP contribution in [0.2, 0.25) is 0 Å². The van der Waals surface area contributed by atoms with E-state index in [4.69, 9.17) is 4.74 Å². The van der Waals surface area contributed by atoms with E-state index in [0.29, 0.717) is 12.1 Å². The first kappa shape index (κ1) is 15.6. The minimum atomic E-state index is 0.229. The van der Waals surface area contributed by atoms with Gasteiger partial charge in [-0.15, -0.1) is 11.3 Å². The minimum absolute atomic E-state index is 0.229. The molecule has 0 N–H and O–H groups in total. The van der Waals surface area contributed by atoms with Crippen molar-refractivity contribution in [3.05, 3.63) is 21.9 Å². The fourth-order valence-corrected chi connectivity index (χ4v) is 4.67. The summed E-state index contributed by atoms with van der Waals surface area (Å²) < 4.78 is 5.53. The summed E-state index contributed by atoms with van der Waals surface area (Å²) in [6.45, 7) is 6.86. The van der Waals surface area contributed by atoms with E-state index in [1.54, 1.807) is 11.3 Å². The second-order valence-electron chi connectivity index (χ2n) is 7.28. The quantitative estimate of drug-likeness (QED) is 0.830. The lowest BCUT2D eigenvalue weighted by molar-refractivity contribution is -0.0266. The van der Waals surface area contributed by atoms with Crippen LogP contribution in [0.1, 0.15) is 40.9 Å². The molecule has 2 saturated heterocycles. The van der Waals surface area contributed by atoms with Crippen LogP contribution in [-0.4, -0.2) is 60.6 Å². The Morgan fingerprint density at radius 2 is 2.00 bits per heavy atom. The number of carbonyl (C=O) groups is 1. The van der Waals surface area contributed by atoms with Crippen LogP contribution in [0.25, 0.3) is 0 Å². The number of likely N-dealkylation sites (tertiary alicyclic amines) is 1. The molecule has 2 aliphatic heterocycles. The molecular weight excluding hydrogens is 308 g/mol. The molecular formula is C18H26N2O2S. The van der Waals surface area contributed by atoms with Gasteiger partial charge in [0, 0.05) is 44.9 Å². The topological polar surface area (TPSA) is 32.8 Å². The van der Waals surface area contributed by atoms with Gasteiger partial charge in [0.05, 0.1) is 4.88 Å². The number of ether oxygens (including phenoxy) is 1. The maximum absolute atomic E-state index is 12.6. The molecule has 1 saturated carbocycles. The molecule has 3 heterocycles. The van der Waals surface area contributed by atoms with E-state index in [1.807, 2.05) is 23.3 Å². The van der Waals surface area contributed by atoms with E-state index in [0.717, 1.165) is 55.5 Å². The first-order chi connectivity index (χ1) is 11.2. The van der Waals surface area contributed by atoms with Crippen LogP contribution in [0, 0.1) is 12.8 Å². The number of hydrogen-bond acceptors (Lipinski definition) is 4. The molecule has 1 aliphatic carbocycles. The number of hydrogen-bond donors (Lipinski definition) is 0. The maximum atomic E-state index is 12.6. The van der Waals surface area contributed by atoms with Crippen molar-refractivity contribution in [3.8, 4) is 0 Å². The van der Waals surface area contributed by atoms with E-state index < -0.39 is 0 Å². The van der Waals surface area contributed by atoms with Gasteiger partial charge in [-0.25, -0.2) is 0 Å². The second kappa shape index (κ2) is 6.54. The molecule has 1 aromatic heterocycles. The highest BCUT2D eigenvalue weighted by Gasteiger charge is 2.40. The van der Waals surface area contributed by atoms with Crippen LogP contribution in [0.15, 0.2) is 11.4 Å². The Morgan fingerprint density at radius 3 is 2.61 bits per heavy atom. The Labute approximate surface area is 142 Å². The van der Waals surface area contributed by atoms with Gasteiger partial charge in [0.15, 0.2) is 0 Å². The summed E-state index contributed by atoms with van der Waals surface area (Å²) in [5.41, 5.74) is 1.11. The third kappa shape index (κ3) is 3.32. The number of carbonyl (C=O) groups excluding carboxylic acids is 1. The molecule has 3 fully saturated rings. The minimum Gasteiger partial charge on any atom is -0.381 e. The van der Waals surface area contributed by atoms with Gasteiger partial charge in [0.25, 0.3) is 5.91 Å². The Kier molecular flexibility index (Phi) is 4.43. The molecule has 3 aliphatic rings. The maximum Gasteiger partial charge on any atom is 0.264 e. The van der Waals surface area contributed by atoms with Crippen LogP contribution in [0.4, 0.5) is 0 Å². The van der Waals surface area contributed by atoms with Crippen LogP contribution in [0.3, 0.4) is 0 Å². The van der Waals surface area contributed by atoms with Crippen molar-refractivity contribution in [2.45, 2.75) is 44.7 Å². The first-order valence-corrected chi connectivity index (χ1v) is 9.77. The summed E-state index contributed by atoms with van der Waals surface area (Å²) in [7, 11) is 0. The van der Waals surface area contributed by atoms with Gasteiger partial charge in [-0.2, -0.15) is 0 Å². The lowest BCUT2D eigenvalue weighted by Gasteiger charge is -2.49. The summed E-state index contributed by atoms with van der Waals surface area (Å²) in [4.78, 5) is 18.2. The van der Waals surface area contributed by atoms with Gasteiger partial charge < -0.3 is 9.64 Å². The van der Waals surface area contributed by atoms with E-state index in [-0.39, 0.29) is 5.91 Å². The van der Waals surface area contributed by atoms with Crippen molar-refractivity contribution in [2.24, 2.45) is 5.92 Å². The number of thiophene rings is 1. The standard InChI is InChI=1S/C18H26N2O2S/c1-13-6-9-23-17(13)18(21)19-11-16(12-19)20(10-14-2-3-14)15-4-7-22-8-5-15/h6,9,14-16H,2-5,7-8,10-12H2,1H3. The van der Waals surface area contributed by atoms with Gasteiger partial charge >= 0.3 is 0 Å². The summed E-state index contributed by atoms with van der Waals surface area (Å²) in [5.74, 6) is 1.13. The zero-order valence-corrected chi connectivity index (χ0v) is 14.7. The lowest BCUT2D eigenvalue weighted by Crippen LogP contribution is -2.63. The number of amides is 1. The zero-order valence-electron chi connectivity index (χ0n) is 13.9. The third-order valence-corrected chi connectivity index (χ3v) is 6.51. The molecule has 0 bridgehead atoms. The highest BCUT2D eigenvalue weighted by Crippen LogP contribution is 2.34. The molecule has 0 unspecified atom stereocenters. The van der Waals surface area contributed by atoms with Gasteiger partial charge in [-0.05, 0) is 55.5 Å². The molecule has 0 radical (unpaired) electrons. The summed E-state index contributed by atoms with van der Waals surface area (Å²) in [5, 5.41) is 2.02. The number of rotatable bonds is 5. The molecule has 23 heavy (non-hydrogen) atoms. The molecule has 1 aromatic rings. The lowest BCUT2D eigenvalue weighted by atomic mass is 9.99. The summed E-state index contributed by atoms with van der Waals surface area (Å²) in [6.07, 6.45) is 5.09. The Bertz CT molecular complexity index is 557. The molecule has 0 aromatic carbocycles. The predicted octanol–water partition coefficient (Wildman–Crippen LogP) is 2.77. The third-order valence-electron chi connectivity index (χ3n) is 5.50. The largest absolute Gasteiger partial charge is 0.381 e. The van der Waals surface area contributed by atoms with E-state index in [9.17, 15) is 4.79 Å². The normalized spacial score (nSPS) is 23.3. The average Bonchev–Trinajstić information content (AvgIpc) is 3.24. The Balaban J connectivity index is 1.37. The van der Waals surface area contributed by atoms with Crippen molar-refractivity contribution in [1.29, 1.82) is 0 Å². The molecule has 4 rings (SSSR count). The fraction of sp³-hybridized carbons (Fsp3) is 0.722. The average molecular weight is 334 g/mol. The summed E-state index contributed by atoms with van der Waals surface area (Å²) in [6, 6.07) is 3.26. The van der Waals surface area contributed by atoms with Crippen molar-refractivity contribution < 1.29 is 9.53 Å². The Morgan fingerprint density at radius 1 is 1.26 bits per heavy atom. The number of aryl methyl sites for hydroxylation is 1. The van der Waals surface area contributed by atoms with Crippen LogP contribution >= 0.6 is 11.3 Å². The highest BCUT2D eigenvalue weighted by atomic mass is 32.1. The van der Waals surface area contributed by atoms with Crippen LogP contribution in [-0.2, 0) is 4.74 Å². The Hall–Kier alpha value is -0.910. The molecule has 5 heteroatoms. The molecule has 1 amide bonds. The van der Waals surface area contributed by atoms with Gasteiger partial charge in [-0.3, -0.25) is 9.69 Å². The molecule has 0 spiro atoms. The van der Waals surface area contributed by atoms with Crippen molar-refractivity contribution in [1.82, 2.24) is 9.80 Å². The van der Waals surface area contributed by atoms with E-state index in [1.165, 1.54) is 19.4 Å². The zero-order chi connectivity index (χ0) is 15.8. The smallest absolute Gasteiger partial charge is 0.264 e. The number of nitrogens with zero attached hydrogens (tertiary/aromatic N) is 2. The second-order valence-corrected chi connectivity index (χ2v) is 8.20. The SMILES string of the molecule is Cc1ccsc1C(=O)N1CC(N(CC2CC2)C2CCOCC2)C1. The van der Waals surface area contributed by atoms with Gasteiger partial charge in [0.2, 0.25) is 0 Å².